The molecule has 8 aromatic rings. The summed E-state index contributed by atoms with van der Waals surface area (Å²) in [5, 5.41) is 3.06. The van der Waals surface area contributed by atoms with Gasteiger partial charge in [-0.15, -0.1) is 0 Å². The molecule has 7 heteroatoms. The van der Waals surface area contributed by atoms with Crippen LogP contribution in [0.3, 0.4) is 0 Å². The molecule has 6 nitrogen and oxygen atoms in total. The zero-order chi connectivity index (χ0) is 27.9. The molecule has 0 saturated carbocycles. The zero-order valence-electron chi connectivity index (χ0n) is 22.5. The van der Waals surface area contributed by atoms with E-state index in [9.17, 15) is 0 Å². The molecular formula is C35H22BN5O. The molecule has 0 unspecified atom stereocenters. The fourth-order valence-corrected chi connectivity index (χ4v) is 6.76. The van der Waals surface area contributed by atoms with E-state index in [2.05, 4.69) is 57.4 Å². The van der Waals surface area contributed by atoms with Crippen molar-refractivity contribution >= 4 is 73.1 Å². The fraction of sp³-hybridized carbons (Fsp3) is 0. The number of hydrogen-bond donors (Lipinski definition) is 0. The van der Waals surface area contributed by atoms with Crippen LogP contribution in [0.25, 0.3) is 60.8 Å². The quantitative estimate of drug-likeness (QED) is 0.192. The molecule has 0 bridgehead atoms. The maximum Gasteiger partial charge on any atom is 0.316 e. The highest BCUT2D eigenvalue weighted by atomic mass is 16.3. The van der Waals surface area contributed by atoms with Gasteiger partial charge < -0.3 is 4.42 Å². The Morgan fingerprint density at radius 3 is 2.50 bits per heavy atom. The smallest absolute Gasteiger partial charge is 0.316 e. The van der Waals surface area contributed by atoms with Gasteiger partial charge >= 0.3 is 6.71 Å². The minimum Gasteiger partial charge on any atom is -0.468 e. The van der Waals surface area contributed by atoms with Crippen LogP contribution in [0.1, 0.15) is 5.56 Å². The molecule has 0 amide bonds. The highest BCUT2D eigenvalue weighted by Gasteiger charge is 2.41. The fourth-order valence-electron chi connectivity index (χ4n) is 6.76. The monoisotopic (exact) mass is 539 g/mol. The first-order valence-corrected chi connectivity index (χ1v) is 13.9. The number of hydrogen-bond acceptors (Lipinski definition) is 4. The molecule has 0 radical (unpaired) electrons. The molecule has 0 fully saturated rings. The van der Waals surface area contributed by atoms with Crippen molar-refractivity contribution in [3.63, 3.8) is 0 Å². The Bertz CT molecular complexity index is 2460. The van der Waals surface area contributed by atoms with E-state index in [0.29, 0.717) is 0 Å². The minimum atomic E-state index is -0.328. The summed E-state index contributed by atoms with van der Waals surface area (Å²) in [6, 6.07) is 26.7. The third-order valence-corrected chi connectivity index (χ3v) is 8.47. The Morgan fingerprint density at radius 1 is 0.833 bits per heavy atom. The van der Waals surface area contributed by atoms with E-state index < -0.39 is 0 Å². The molecule has 9 rings (SSSR count). The van der Waals surface area contributed by atoms with E-state index >= 15 is 0 Å². The summed E-state index contributed by atoms with van der Waals surface area (Å²) in [7, 11) is 0. The van der Waals surface area contributed by atoms with Gasteiger partial charge in [0.1, 0.15) is 11.2 Å². The maximum absolute atomic E-state index is 6.78. The number of pyridine rings is 2. The minimum absolute atomic E-state index is 0.328. The van der Waals surface area contributed by atoms with Crippen molar-refractivity contribution < 1.29 is 4.42 Å². The SMILES string of the molecule is C=CC(B1c2oc3ccccc3c2-n2c3c1ncc1cncc(c13)n1c3ccccc3nc21)=C(C=C)c1ccccc1. The average Bonchev–Trinajstić information content (AvgIpc) is 3.62. The molecule has 196 valence electrons. The average molecular weight is 539 g/mol. The van der Waals surface area contributed by atoms with Crippen LogP contribution in [0.15, 0.2) is 133 Å². The van der Waals surface area contributed by atoms with Gasteiger partial charge in [-0.3, -0.25) is 18.9 Å². The molecule has 0 saturated heterocycles. The lowest BCUT2D eigenvalue weighted by molar-refractivity contribution is 0.648. The van der Waals surface area contributed by atoms with Crippen LogP contribution in [0.4, 0.5) is 0 Å². The number of para-hydroxylation sites is 3. The molecular weight excluding hydrogens is 517 g/mol. The van der Waals surface area contributed by atoms with Crippen LogP contribution in [-0.4, -0.2) is 30.6 Å². The van der Waals surface area contributed by atoms with Crippen molar-refractivity contribution in [2.75, 3.05) is 0 Å². The maximum atomic E-state index is 6.78. The van der Waals surface area contributed by atoms with E-state index in [1.54, 1.807) is 0 Å². The second kappa shape index (κ2) is 8.41. The van der Waals surface area contributed by atoms with Crippen LogP contribution < -0.4 is 11.3 Å². The number of imidazole rings is 1. The molecule has 3 aromatic carbocycles. The van der Waals surface area contributed by atoms with Crippen molar-refractivity contribution in [1.29, 1.82) is 0 Å². The van der Waals surface area contributed by atoms with Crippen molar-refractivity contribution in [1.82, 2.24) is 23.9 Å². The number of benzene rings is 3. The first-order valence-electron chi connectivity index (χ1n) is 13.9. The van der Waals surface area contributed by atoms with E-state index in [0.717, 1.165) is 83.1 Å². The third-order valence-electron chi connectivity index (χ3n) is 8.47. The lowest BCUT2D eigenvalue weighted by atomic mass is 9.37. The zero-order valence-corrected chi connectivity index (χ0v) is 22.5. The third kappa shape index (κ3) is 2.86. The predicted molar refractivity (Wildman–Crippen MR) is 171 cm³/mol. The molecule has 6 heterocycles. The first kappa shape index (κ1) is 23.1. The normalized spacial score (nSPS) is 13.3. The largest absolute Gasteiger partial charge is 0.468 e. The van der Waals surface area contributed by atoms with Gasteiger partial charge in [0, 0.05) is 34.1 Å². The predicted octanol–water partition coefficient (Wildman–Crippen LogP) is 6.41. The first-order chi connectivity index (χ1) is 20.8. The van der Waals surface area contributed by atoms with Crippen LogP contribution in [-0.2, 0) is 0 Å². The summed E-state index contributed by atoms with van der Waals surface area (Å²) in [4.78, 5) is 14.9. The van der Waals surface area contributed by atoms with E-state index in [-0.39, 0.29) is 6.71 Å². The summed E-state index contributed by atoms with van der Waals surface area (Å²) in [6.45, 7) is 8.18. The molecule has 0 atom stereocenters. The summed E-state index contributed by atoms with van der Waals surface area (Å²) in [6.07, 6.45) is 9.56. The van der Waals surface area contributed by atoms with Crippen LogP contribution in [0.5, 0.6) is 0 Å². The second-order valence-corrected chi connectivity index (χ2v) is 10.6. The van der Waals surface area contributed by atoms with Gasteiger partial charge in [-0.2, -0.15) is 0 Å². The van der Waals surface area contributed by atoms with Crippen LogP contribution in [0.2, 0.25) is 0 Å². The van der Waals surface area contributed by atoms with Gasteiger partial charge in [-0.05, 0) is 35.4 Å². The van der Waals surface area contributed by atoms with Crippen molar-refractivity contribution in [3.05, 3.63) is 134 Å². The topological polar surface area (TPSA) is 61.2 Å². The molecule has 0 N–H and O–H groups in total. The van der Waals surface area contributed by atoms with Gasteiger partial charge in [0.25, 0.3) is 0 Å². The summed E-state index contributed by atoms with van der Waals surface area (Å²) in [5.41, 5.74) is 10.4. The Labute approximate surface area is 240 Å². The lowest BCUT2D eigenvalue weighted by Gasteiger charge is -2.27. The van der Waals surface area contributed by atoms with E-state index in [1.807, 2.05) is 79.3 Å². The highest BCUT2D eigenvalue weighted by Crippen LogP contribution is 2.37. The summed E-state index contributed by atoms with van der Waals surface area (Å²) >= 11 is 0. The number of nitrogens with zero attached hydrogens (tertiary/aromatic N) is 5. The molecule has 0 aliphatic carbocycles. The van der Waals surface area contributed by atoms with Crippen molar-refractivity contribution in [3.8, 4) is 5.69 Å². The van der Waals surface area contributed by atoms with Crippen molar-refractivity contribution in [2.24, 2.45) is 0 Å². The number of rotatable bonds is 4. The van der Waals surface area contributed by atoms with Crippen LogP contribution in [0, 0.1) is 0 Å². The molecule has 5 aromatic heterocycles. The Kier molecular flexibility index (Phi) is 4.62. The molecule has 1 aliphatic rings. The standard InChI is InChI=1S/C35H22BN5O/c1-3-23(21-12-6-5-7-13-21)25(4-2)36-33-32-30-22(19-38-33)18-37-20-28(30)40-27-16-10-9-15-26(27)39-35(40)41(32)31-24-14-8-11-17-29(24)42-34(31)36/h3-20H,1-2H2. The summed E-state index contributed by atoms with van der Waals surface area (Å²) in [5.74, 6) is 0.787. The molecule has 0 spiro atoms. The number of furan rings is 1. The highest BCUT2D eigenvalue weighted by molar-refractivity contribution is 6.93. The Morgan fingerprint density at radius 2 is 1.64 bits per heavy atom. The van der Waals surface area contributed by atoms with Gasteiger partial charge in [-0.1, -0.05) is 85.4 Å². The lowest BCUT2D eigenvalue weighted by Crippen LogP contribution is -2.50. The Hall–Kier alpha value is -5.69. The van der Waals surface area contributed by atoms with E-state index in [4.69, 9.17) is 14.4 Å². The van der Waals surface area contributed by atoms with Crippen molar-refractivity contribution in [2.45, 2.75) is 0 Å². The van der Waals surface area contributed by atoms with Crippen LogP contribution >= 0.6 is 0 Å². The second-order valence-electron chi connectivity index (χ2n) is 10.6. The van der Waals surface area contributed by atoms with Gasteiger partial charge in [0.15, 0.2) is 0 Å². The Balaban J connectivity index is 1.55. The van der Waals surface area contributed by atoms with Gasteiger partial charge in [0.05, 0.1) is 34.0 Å². The van der Waals surface area contributed by atoms with E-state index in [1.165, 1.54) is 0 Å². The number of allylic oxidation sites excluding steroid dienone is 4. The summed E-state index contributed by atoms with van der Waals surface area (Å²) < 4.78 is 11.2. The molecule has 1 aliphatic heterocycles. The molecule has 42 heavy (non-hydrogen) atoms. The van der Waals surface area contributed by atoms with Gasteiger partial charge in [0.2, 0.25) is 5.78 Å². The number of fused-ring (bicyclic) bond motifs is 9. The van der Waals surface area contributed by atoms with Gasteiger partial charge in [-0.25, -0.2) is 4.98 Å². The number of aromatic nitrogens is 5.